The van der Waals surface area contributed by atoms with E-state index in [1.807, 2.05) is 0 Å². The van der Waals surface area contributed by atoms with E-state index in [4.69, 9.17) is 10.5 Å². The lowest BCUT2D eigenvalue weighted by Crippen LogP contribution is -2.45. The van der Waals surface area contributed by atoms with Crippen LogP contribution < -0.4 is 11.1 Å². The van der Waals surface area contributed by atoms with Crippen molar-refractivity contribution in [1.29, 1.82) is 0 Å². The first-order valence-electron chi connectivity index (χ1n) is 7.92. The number of ether oxygens (including phenoxy) is 1. The number of alkyl halides is 2. The van der Waals surface area contributed by atoms with Crippen molar-refractivity contribution >= 4 is 17.4 Å². The third kappa shape index (κ3) is 3.37. The molecule has 1 aromatic heterocycles. The van der Waals surface area contributed by atoms with Crippen LogP contribution in [0.25, 0.3) is 0 Å². The van der Waals surface area contributed by atoms with E-state index in [-0.39, 0.29) is 23.8 Å². The van der Waals surface area contributed by atoms with Gasteiger partial charge in [0.15, 0.2) is 11.2 Å². The first-order valence-corrected chi connectivity index (χ1v) is 7.92. The Morgan fingerprint density at radius 2 is 2.19 bits per heavy atom. The summed E-state index contributed by atoms with van der Waals surface area (Å²) in [5.74, 6) is -1.68. The molecule has 8 nitrogen and oxygen atoms in total. The number of aryl methyl sites for hydroxylation is 1. The number of nitrogens with one attached hydrogen (secondary N) is 1. The van der Waals surface area contributed by atoms with Crippen LogP contribution in [-0.2, 0) is 17.3 Å². The Kier molecular flexibility index (Phi) is 4.87. The molecule has 2 aromatic rings. The Morgan fingerprint density at radius 3 is 2.78 bits per heavy atom. The van der Waals surface area contributed by atoms with Gasteiger partial charge in [0.25, 0.3) is 12.3 Å². The topological polar surface area (TPSA) is 107 Å². The molecular weight excluding hydrogens is 365 g/mol. The molecule has 11 heteroatoms. The van der Waals surface area contributed by atoms with Gasteiger partial charge in [-0.05, 0) is 25.1 Å². The molecule has 0 radical (unpaired) electrons. The number of carbonyl (C=O) groups is 1. The van der Waals surface area contributed by atoms with Crippen LogP contribution in [0.5, 0.6) is 0 Å². The van der Waals surface area contributed by atoms with Crippen molar-refractivity contribution in [3.63, 3.8) is 0 Å². The van der Waals surface area contributed by atoms with Crippen molar-refractivity contribution in [2.45, 2.75) is 18.9 Å². The van der Waals surface area contributed by atoms with Gasteiger partial charge in [0.05, 0.1) is 12.3 Å². The second kappa shape index (κ2) is 6.99. The molecule has 1 aromatic carbocycles. The number of halogens is 3. The molecule has 27 heavy (non-hydrogen) atoms. The average Bonchev–Trinajstić information content (AvgIpc) is 2.95. The minimum absolute atomic E-state index is 0.0650. The normalized spacial score (nSPS) is 19.9. The molecule has 3 rings (SSSR count). The lowest BCUT2D eigenvalue weighted by atomic mass is 9.90. The number of nitrogens with zero attached hydrogens (tertiary/aromatic N) is 4. The van der Waals surface area contributed by atoms with Gasteiger partial charge in [-0.2, -0.15) is 0 Å². The molecule has 0 saturated carbocycles. The van der Waals surface area contributed by atoms with Crippen molar-refractivity contribution in [3.8, 4) is 0 Å². The first-order chi connectivity index (χ1) is 12.7. The highest BCUT2D eigenvalue weighted by molar-refractivity contribution is 6.03. The molecule has 0 spiro atoms. The number of carbonyl (C=O) groups excluding carboxylic acids is 1. The number of amides is 1. The summed E-state index contributed by atoms with van der Waals surface area (Å²) in [6, 6.07) is 3.31. The predicted molar refractivity (Wildman–Crippen MR) is 90.2 cm³/mol. The summed E-state index contributed by atoms with van der Waals surface area (Å²) in [5.41, 5.74) is 3.50. The number of anilines is 1. The average molecular weight is 382 g/mol. The Hall–Kier alpha value is -2.95. The molecule has 1 atom stereocenters. The van der Waals surface area contributed by atoms with E-state index in [0.717, 1.165) is 12.1 Å². The number of amidine groups is 1. The standard InChI is InChI=1S/C16H17F3N6O2/c1-8-13(23-24-25(8)2)14(26)21-9-3-4-11(17)10(5-9)16(15(18)19)7-27-6-12(20)22-16/h3-5,15H,6-7H2,1-2H3,(H2,20,22)(H,21,26)/t16-/m0/s1. The Bertz CT molecular complexity index is 914. The summed E-state index contributed by atoms with van der Waals surface area (Å²) in [6.45, 7) is 0.995. The summed E-state index contributed by atoms with van der Waals surface area (Å²) < 4.78 is 48.5. The summed E-state index contributed by atoms with van der Waals surface area (Å²) in [5, 5.41) is 9.97. The number of aromatic nitrogens is 3. The number of aliphatic imine (C=N–C) groups is 1. The van der Waals surface area contributed by atoms with Gasteiger partial charge in [0.1, 0.15) is 18.3 Å². The Morgan fingerprint density at radius 1 is 1.44 bits per heavy atom. The van der Waals surface area contributed by atoms with Gasteiger partial charge in [-0.25, -0.2) is 13.2 Å². The van der Waals surface area contributed by atoms with Crippen LogP contribution in [0.15, 0.2) is 23.2 Å². The van der Waals surface area contributed by atoms with E-state index in [2.05, 4.69) is 20.6 Å². The quantitative estimate of drug-likeness (QED) is 0.830. The summed E-state index contributed by atoms with van der Waals surface area (Å²) in [4.78, 5) is 16.1. The minimum atomic E-state index is -3.07. The second-order valence-electron chi connectivity index (χ2n) is 6.12. The molecule has 1 aliphatic rings. The molecule has 0 bridgehead atoms. The Balaban J connectivity index is 1.98. The van der Waals surface area contributed by atoms with Crippen molar-refractivity contribution in [1.82, 2.24) is 15.0 Å². The third-order valence-electron chi connectivity index (χ3n) is 4.29. The molecule has 1 aliphatic heterocycles. The second-order valence-corrected chi connectivity index (χ2v) is 6.12. The molecular formula is C16H17F3N6O2. The monoisotopic (exact) mass is 382 g/mol. The van der Waals surface area contributed by atoms with Crippen molar-refractivity contribution in [2.75, 3.05) is 18.5 Å². The Labute approximate surface area is 152 Å². The molecule has 2 heterocycles. The fourth-order valence-electron chi connectivity index (χ4n) is 2.74. The highest BCUT2D eigenvalue weighted by Crippen LogP contribution is 2.38. The maximum absolute atomic E-state index is 14.4. The maximum Gasteiger partial charge on any atom is 0.278 e. The summed E-state index contributed by atoms with van der Waals surface area (Å²) >= 11 is 0. The van der Waals surface area contributed by atoms with E-state index >= 15 is 0 Å². The fourth-order valence-corrected chi connectivity index (χ4v) is 2.74. The third-order valence-corrected chi connectivity index (χ3v) is 4.29. The summed E-state index contributed by atoms with van der Waals surface area (Å²) in [7, 11) is 1.62. The van der Waals surface area contributed by atoms with Gasteiger partial charge in [0, 0.05) is 18.3 Å². The minimum Gasteiger partial charge on any atom is -0.385 e. The number of benzene rings is 1. The van der Waals surface area contributed by atoms with E-state index in [9.17, 15) is 18.0 Å². The molecule has 0 fully saturated rings. The molecule has 0 saturated heterocycles. The first kappa shape index (κ1) is 18.8. The van der Waals surface area contributed by atoms with Crippen LogP contribution in [0.3, 0.4) is 0 Å². The van der Waals surface area contributed by atoms with Crippen molar-refractivity contribution in [2.24, 2.45) is 17.8 Å². The molecule has 0 unspecified atom stereocenters. The van der Waals surface area contributed by atoms with Gasteiger partial charge in [-0.3, -0.25) is 14.5 Å². The van der Waals surface area contributed by atoms with E-state index in [1.165, 1.54) is 10.7 Å². The van der Waals surface area contributed by atoms with E-state index in [0.29, 0.717) is 5.69 Å². The van der Waals surface area contributed by atoms with Crippen LogP contribution in [-0.4, -0.2) is 46.4 Å². The number of hydrogen-bond donors (Lipinski definition) is 2. The van der Waals surface area contributed by atoms with E-state index in [1.54, 1.807) is 14.0 Å². The van der Waals surface area contributed by atoms with Crippen molar-refractivity contribution in [3.05, 3.63) is 41.0 Å². The van der Waals surface area contributed by atoms with Crippen LogP contribution in [0, 0.1) is 12.7 Å². The van der Waals surface area contributed by atoms with Gasteiger partial charge < -0.3 is 15.8 Å². The predicted octanol–water partition coefficient (Wildman–Crippen LogP) is 1.36. The van der Waals surface area contributed by atoms with Crippen LogP contribution in [0.2, 0.25) is 0 Å². The maximum atomic E-state index is 14.4. The molecule has 144 valence electrons. The number of hydrogen-bond acceptors (Lipinski definition) is 6. The van der Waals surface area contributed by atoms with Gasteiger partial charge in [-0.1, -0.05) is 5.21 Å². The van der Waals surface area contributed by atoms with Crippen LogP contribution >= 0.6 is 0 Å². The molecule has 3 N–H and O–H groups in total. The zero-order valence-electron chi connectivity index (χ0n) is 14.5. The smallest absolute Gasteiger partial charge is 0.278 e. The van der Waals surface area contributed by atoms with Crippen molar-refractivity contribution < 1.29 is 22.7 Å². The lowest BCUT2D eigenvalue weighted by Gasteiger charge is -2.33. The van der Waals surface area contributed by atoms with E-state index < -0.39 is 35.9 Å². The molecule has 1 amide bonds. The summed E-state index contributed by atoms with van der Waals surface area (Å²) in [6.07, 6.45) is -3.07. The zero-order valence-corrected chi connectivity index (χ0v) is 14.5. The highest BCUT2D eigenvalue weighted by atomic mass is 19.3. The lowest BCUT2D eigenvalue weighted by molar-refractivity contribution is -0.0145. The highest BCUT2D eigenvalue weighted by Gasteiger charge is 2.46. The molecule has 0 aliphatic carbocycles. The van der Waals surface area contributed by atoms with Gasteiger partial charge >= 0.3 is 0 Å². The number of rotatable bonds is 4. The largest absolute Gasteiger partial charge is 0.385 e. The van der Waals surface area contributed by atoms with Crippen LogP contribution in [0.4, 0.5) is 18.9 Å². The fraction of sp³-hybridized carbons (Fsp3) is 0.375. The number of nitrogens with two attached hydrogens (primary N) is 1. The van der Waals surface area contributed by atoms with Gasteiger partial charge in [-0.15, -0.1) is 5.10 Å². The SMILES string of the molecule is Cc1c(C(=O)Nc2ccc(F)c([C@]3(C(F)F)COCC(N)=N3)c2)nnn1C. The van der Waals surface area contributed by atoms with Crippen LogP contribution in [0.1, 0.15) is 21.7 Å². The zero-order chi connectivity index (χ0) is 19.8. The van der Waals surface area contributed by atoms with Gasteiger partial charge in [0.2, 0.25) is 0 Å².